The molecule has 0 radical (unpaired) electrons. The van der Waals surface area contributed by atoms with Gasteiger partial charge in [0.05, 0.1) is 0 Å². The molecule has 0 amide bonds. The molecule has 0 heterocycles. The standard InChI is InChI=1S/C18H27ClFN/c1-3-4-13-5-6-15(12-21-2)16(9-13)10-14-7-8-17(19)11-18(14)20/h7-8,11,13,15-16,21H,3-6,9-10,12H2,1-2H3. The predicted octanol–water partition coefficient (Wildman–Crippen LogP) is 5.07. The highest BCUT2D eigenvalue weighted by molar-refractivity contribution is 6.30. The highest BCUT2D eigenvalue weighted by atomic mass is 35.5. The van der Waals surface area contributed by atoms with E-state index in [4.69, 9.17) is 11.6 Å². The molecule has 1 fully saturated rings. The molecule has 1 aliphatic rings. The third-order valence-corrected chi connectivity index (χ3v) is 5.14. The van der Waals surface area contributed by atoms with E-state index in [0.29, 0.717) is 16.9 Å². The van der Waals surface area contributed by atoms with Gasteiger partial charge in [-0.2, -0.15) is 0 Å². The van der Waals surface area contributed by atoms with Crippen molar-refractivity contribution in [3.05, 3.63) is 34.6 Å². The third-order valence-electron chi connectivity index (χ3n) is 4.91. The van der Waals surface area contributed by atoms with Gasteiger partial charge in [-0.15, -0.1) is 0 Å². The number of nitrogens with one attached hydrogen (secondary N) is 1. The molecule has 21 heavy (non-hydrogen) atoms. The highest BCUT2D eigenvalue weighted by Crippen LogP contribution is 2.38. The molecule has 0 saturated heterocycles. The maximum Gasteiger partial charge on any atom is 0.127 e. The van der Waals surface area contributed by atoms with Crippen LogP contribution in [0.3, 0.4) is 0 Å². The summed E-state index contributed by atoms with van der Waals surface area (Å²) in [5.74, 6) is 1.92. The lowest BCUT2D eigenvalue weighted by Gasteiger charge is -2.36. The first-order chi connectivity index (χ1) is 10.1. The minimum atomic E-state index is -0.150. The summed E-state index contributed by atoms with van der Waals surface area (Å²) in [6.45, 7) is 3.30. The quantitative estimate of drug-likeness (QED) is 0.773. The van der Waals surface area contributed by atoms with E-state index in [1.54, 1.807) is 6.07 Å². The maximum atomic E-state index is 14.1. The number of hydrogen-bond acceptors (Lipinski definition) is 1. The summed E-state index contributed by atoms with van der Waals surface area (Å²) in [5, 5.41) is 3.79. The van der Waals surface area contributed by atoms with Crippen LogP contribution in [-0.4, -0.2) is 13.6 Å². The molecule has 1 saturated carbocycles. The molecule has 118 valence electrons. The Labute approximate surface area is 133 Å². The van der Waals surface area contributed by atoms with E-state index in [-0.39, 0.29) is 5.82 Å². The molecule has 0 aromatic heterocycles. The van der Waals surface area contributed by atoms with Crippen LogP contribution in [0, 0.1) is 23.6 Å². The molecular formula is C18H27ClFN. The van der Waals surface area contributed by atoms with Gasteiger partial charge in [0.2, 0.25) is 0 Å². The van der Waals surface area contributed by atoms with Crippen LogP contribution >= 0.6 is 11.6 Å². The summed E-state index contributed by atoms with van der Waals surface area (Å²) in [6, 6.07) is 5.10. The Morgan fingerprint density at radius 3 is 2.76 bits per heavy atom. The van der Waals surface area contributed by atoms with Crippen LogP contribution in [0.2, 0.25) is 5.02 Å². The van der Waals surface area contributed by atoms with Crippen LogP contribution in [0.1, 0.15) is 44.6 Å². The highest BCUT2D eigenvalue weighted by Gasteiger charge is 2.30. The van der Waals surface area contributed by atoms with Crippen molar-refractivity contribution in [3.8, 4) is 0 Å². The Kier molecular flexibility index (Phi) is 6.50. The Bertz CT molecular complexity index is 449. The van der Waals surface area contributed by atoms with Crippen molar-refractivity contribution in [1.82, 2.24) is 5.32 Å². The monoisotopic (exact) mass is 311 g/mol. The zero-order valence-corrected chi connectivity index (χ0v) is 13.9. The Morgan fingerprint density at radius 1 is 1.29 bits per heavy atom. The Hall–Kier alpha value is -0.600. The van der Waals surface area contributed by atoms with Crippen LogP contribution in [-0.2, 0) is 6.42 Å². The zero-order chi connectivity index (χ0) is 15.2. The molecule has 1 aliphatic carbocycles. The summed E-state index contributed by atoms with van der Waals surface area (Å²) < 4.78 is 14.1. The molecule has 3 atom stereocenters. The summed E-state index contributed by atoms with van der Waals surface area (Å²) in [4.78, 5) is 0. The SMILES string of the molecule is CCCC1CCC(CNC)C(Cc2ccc(Cl)cc2F)C1. The van der Waals surface area contributed by atoms with Gasteiger partial charge in [0.25, 0.3) is 0 Å². The van der Waals surface area contributed by atoms with E-state index in [9.17, 15) is 4.39 Å². The third kappa shape index (κ3) is 4.69. The first kappa shape index (κ1) is 16.8. The summed E-state index contributed by atoms with van der Waals surface area (Å²) in [7, 11) is 2.01. The molecule has 0 spiro atoms. The van der Waals surface area contributed by atoms with Gasteiger partial charge in [-0.25, -0.2) is 4.39 Å². The molecule has 1 aromatic rings. The molecular weight excluding hydrogens is 285 g/mol. The Morgan fingerprint density at radius 2 is 2.10 bits per heavy atom. The average molecular weight is 312 g/mol. The number of rotatable bonds is 6. The van der Waals surface area contributed by atoms with E-state index in [1.165, 1.54) is 38.2 Å². The van der Waals surface area contributed by atoms with Crippen molar-refractivity contribution in [2.45, 2.75) is 45.4 Å². The van der Waals surface area contributed by atoms with Crippen LogP contribution < -0.4 is 5.32 Å². The van der Waals surface area contributed by atoms with Crippen LogP contribution in [0.4, 0.5) is 4.39 Å². The van der Waals surface area contributed by atoms with Gasteiger partial charge in [0.1, 0.15) is 5.82 Å². The number of hydrogen-bond donors (Lipinski definition) is 1. The van der Waals surface area contributed by atoms with E-state index in [0.717, 1.165) is 24.4 Å². The van der Waals surface area contributed by atoms with Gasteiger partial charge < -0.3 is 5.32 Å². The van der Waals surface area contributed by atoms with Crippen LogP contribution in [0.5, 0.6) is 0 Å². The smallest absolute Gasteiger partial charge is 0.127 e. The van der Waals surface area contributed by atoms with Gasteiger partial charge in [-0.05, 0) is 68.3 Å². The summed E-state index contributed by atoms with van der Waals surface area (Å²) in [6.07, 6.45) is 7.25. The van der Waals surface area contributed by atoms with Gasteiger partial charge in [0, 0.05) is 5.02 Å². The van der Waals surface area contributed by atoms with E-state index < -0.39 is 0 Å². The lowest BCUT2D eigenvalue weighted by Crippen LogP contribution is -2.33. The second kappa shape index (κ2) is 8.14. The lowest BCUT2D eigenvalue weighted by molar-refractivity contribution is 0.168. The second-order valence-corrected chi connectivity index (χ2v) is 6.92. The number of halogens is 2. The molecule has 2 rings (SSSR count). The molecule has 0 aliphatic heterocycles. The van der Waals surface area contributed by atoms with Crippen LogP contribution in [0.15, 0.2) is 18.2 Å². The average Bonchev–Trinajstić information content (AvgIpc) is 2.45. The van der Waals surface area contributed by atoms with Crippen LogP contribution in [0.25, 0.3) is 0 Å². The van der Waals surface area contributed by atoms with E-state index in [1.807, 2.05) is 13.1 Å². The van der Waals surface area contributed by atoms with Crippen molar-refractivity contribution in [1.29, 1.82) is 0 Å². The first-order valence-corrected chi connectivity index (χ1v) is 8.60. The minimum absolute atomic E-state index is 0.150. The maximum absolute atomic E-state index is 14.1. The minimum Gasteiger partial charge on any atom is -0.319 e. The Balaban J connectivity index is 2.07. The largest absolute Gasteiger partial charge is 0.319 e. The fourth-order valence-corrected chi connectivity index (χ4v) is 4.00. The summed E-state index contributed by atoms with van der Waals surface area (Å²) in [5.41, 5.74) is 0.822. The molecule has 0 bridgehead atoms. The predicted molar refractivity (Wildman–Crippen MR) is 88.3 cm³/mol. The molecule has 1 nitrogen and oxygen atoms in total. The normalized spacial score (nSPS) is 26.0. The number of benzene rings is 1. The molecule has 3 heteroatoms. The van der Waals surface area contributed by atoms with Crippen molar-refractivity contribution in [2.75, 3.05) is 13.6 Å². The van der Waals surface area contributed by atoms with Gasteiger partial charge >= 0.3 is 0 Å². The lowest BCUT2D eigenvalue weighted by atomic mass is 9.70. The van der Waals surface area contributed by atoms with Gasteiger partial charge in [-0.1, -0.05) is 43.9 Å². The van der Waals surface area contributed by atoms with E-state index in [2.05, 4.69) is 12.2 Å². The van der Waals surface area contributed by atoms with Gasteiger partial charge in [-0.3, -0.25) is 0 Å². The molecule has 1 N–H and O–H groups in total. The van der Waals surface area contributed by atoms with Crippen molar-refractivity contribution < 1.29 is 4.39 Å². The summed E-state index contributed by atoms with van der Waals surface area (Å²) >= 11 is 5.85. The zero-order valence-electron chi connectivity index (χ0n) is 13.2. The van der Waals surface area contributed by atoms with Crippen molar-refractivity contribution >= 4 is 11.6 Å². The van der Waals surface area contributed by atoms with E-state index >= 15 is 0 Å². The fourth-order valence-electron chi connectivity index (χ4n) is 3.84. The molecule has 3 unspecified atom stereocenters. The van der Waals surface area contributed by atoms with Crippen molar-refractivity contribution in [2.24, 2.45) is 17.8 Å². The topological polar surface area (TPSA) is 12.0 Å². The van der Waals surface area contributed by atoms with Crippen molar-refractivity contribution in [3.63, 3.8) is 0 Å². The first-order valence-electron chi connectivity index (χ1n) is 8.22. The van der Waals surface area contributed by atoms with Gasteiger partial charge in [0.15, 0.2) is 0 Å². The molecule has 1 aromatic carbocycles. The fraction of sp³-hybridized carbons (Fsp3) is 0.667. The second-order valence-electron chi connectivity index (χ2n) is 6.49.